The van der Waals surface area contributed by atoms with Crippen molar-refractivity contribution in [3.05, 3.63) is 29.8 Å². The summed E-state index contributed by atoms with van der Waals surface area (Å²) in [4.78, 5) is 4.72. The summed E-state index contributed by atoms with van der Waals surface area (Å²) in [7, 11) is 1.51. The zero-order chi connectivity index (χ0) is 14.7. The molecule has 0 aliphatic rings. The summed E-state index contributed by atoms with van der Waals surface area (Å²) in [5.74, 6) is 0.508. The normalized spacial score (nSPS) is 10.8. The van der Waals surface area contributed by atoms with E-state index in [0.717, 1.165) is 17.7 Å². The molecule has 0 N–H and O–H groups in total. The predicted octanol–water partition coefficient (Wildman–Crippen LogP) is 3.93. The number of benzene rings is 1. The highest BCUT2D eigenvalue weighted by Crippen LogP contribution is 2.14. The Hall–Kier alpha value is -1.79. The molecular formula is C12H15F4NO2. The van der Waals surface area contributed by atoms with Crippen LogP contribution in [-0.4, -0.2) is 26.4 Å². The largest absolute Gasteiger partial charge is 0.463 e. The fourth-order valence-corrected chi connectivity index (χ4v) is 1.24. The molecule has 0 bridgehead atoms. The van der Waals surface area contributed by atoms with Gasteiger partial charge in [-0.25, -0.2) is 4.39 Å². The van der Waals surface area contributed by atoms with Crippen molar-refractivity contribution in [3.63, 3.8) is 0 Å². The minimum atomic E-state index is -3.67. The first kappa shape index (κ1) is 17.2. The van der Waals surface area contributed by atoms with E-state index in [1.54, 1.807) is 12.1 Å². The number of oxime groups is 1. The third-order valence-corrected chi connectivity index (χ3v) is 1.95. The molecular weight excluding hydrogens is 266 g/mol. The Bertz CT molecular complexity index is 366. The van der Waals surface area contributed by atoms with Crippen LogP contribution in [0.15, 0.2) is 29.4 Å². The third kappa shape index (κ3) is 8.01. The molecule has 3 nitrogen and oxygen atoms in total. The molecule has 0 unspecified atom stereocenters. The molecule has 0 spiro atoms. The van der Waals surface area contributed by atoms with Gasteiger partial charge in [0.15, 0.2) is 0 Å². The van der Waals surface area contributed by atoms with E-state index in [1.807, 2.05) is 19.1 Å². The van der Waals surface area contributed by atoms with Crippen molar-refractivity contribution >= 4 is 5.71 Å². The molecule has 0 saturated heterocycles. The summed E-state index contributed by atoms with van der Waals surface area (Å²) in [5.41, 5.74) is 1.80. The molecule has 7 heteroatoms. The van der Waals surface area contributed by atoms with Crippen LogP contribution in [0.4, 0.5) is 17.6 Å². The van der Waals surface area contributed by atoms with E-state index < -0.39 is 13.5 Å². The lowest BCUT2D eigenvalue weighted by Gasteiger charge is -2.04. The van der Waals surface area contributed by atoms with Crippen molar-refractivity contribution in [2.45, 2.75) is 20.0 Å². The Morgan fingerprint density at radius 2 is 1.74 bits per heavy atom. The molecule has 108 valence electrons. The monoisotopic (exact) mass is 281 g/mol. The van der Waals surface area contributed by atoms with Gasteiger partial charge in [-0.1, -0.05) is 12.1 Å². The quantitative estimate of drug-likeness (QED) is 0.465. The summed E-state index contributed by atoms with van der Waals surface area (Å²) in [6.07, 6.45) is 0.775. The van der Waals surface area contributed by atoms with E-state index in [0.29, 0.717) is 5.75 Å². The van der Waals surface area contributed by atoms with Gasteiger partial charge in [0.2, 0.25) is 6.86 Å². The minimum absolute atomic E-state index is 0.508. The predicted molar refractivity (Wildman–Crippen MR) is 64.0 cm³/mol. The van der Waals surface area contributed by atoms with Crippen molar-refractivity contribution < 1.29 is 27.1 Å². The summed E-state index contributed by atoms with van der Waals surface area (Å²) < 4.78 is 45.6. The molecule has 0 aromatic heterocycles. The first-order chi connectivity index (χ1) is 9.04. The van der Waals surface area contributed by atoms with E-state index in [1.165, 1.54) is 7.11 Å². The molecule has 1 aromatic rings. The highest BCUT2D eigenvalue weighted by atomic mass is 19.4. The van der Waals surface area contributed by atoms with Crippen LogP contribution in [0.25, 0.3) is 0 Å². The van der Waals surface area contributed by atoms with Gasteiger partial charge < -0.3 is 9.57 Å². The molecule has 0 atom stereocenters. The lowest BCUT2D eigenvalue weighted by atomic mass is 10.1. The van der Waals surface area contributed by atoms with E-state index in [-0.39, 0.29) is 0 Å². The molecule has 0 aliphatic heterocycles. The second-order valence-corrected chi connectivity index (χ2v) is 3.10. The van der Waals surface area contributed by atoms with Crippen molar-refractivity contribution in [3.8, 4) is 5.75 Å². The second kappa shape index (κ2) is 10.2. The molecule has 0 radical (unpaired) electrons. The summed E-state index contributed by atoms with van der Waals surface area (Å²) >= 11 is 0. The zero-order valence-electron chi connectivity index (χ0n) is 10.6. The second-order valence-electron chi connectivity index (χ2n) is 3.10. The SMILES string of the molecule is CC/C(=N\OC)c1ccc(OCF)cc1.FC(F)F. The number of nitrogens with zero attached hydrogens (tertiary/aromatic N) is 1. The number of ether oxygens (including phenoxy) is 1. The van der Waals surface area contributed by atoms with E-state index in [9.17, 15) is 17.6 Å². The van der Waals surface area contributed by atoms with Crippen LogP contribution in [0.2, 0.25) is 0 Å². The lowest BCUT2D eigenvalue weighted by Crippen LogP contribution is -1.99. The fraction of sp³-hybridized carbons (Fsp3) is 0.417. The highest BCUT2D eigenvalue weighted by Gasteiger charge is 2.02. The van der Waals surface area contributed by atoms with Crippen LogP contribution in [-0.2, 0) is 4.84 Å². The average molecular weight is 281 g/mol. The topological polar surface area (TPSA) is 30.8 Å². The van der Waals surface area contributed by atoms with Crippen LogP contribution in [0, 0.1) is 0 Å². The minimum Gasteiger partial charge on any atom is -0.463 e. The van der Waals surface area contributed by atoms with Crippen LogP contribution in [0.3, 0.4) is 0 Å². The van der Waals surface area contributed by atoms with Gasteiger partial charge >= 0.3 is 6.68 Å². The van der Waals surface area contributed by atoms with Crippen LogP contribution in [0.5, 0.6) is 5.75 Å². The maximum atomic E-state index is 11.9. The molecule has 0 fully saturated rings. The number of halogens is 4. The molecule has 1 rings (SSSR count). The first-order valence-electron chi connectivity index (χ1n) is 5.36. The number of hydrogen-bond donors (Lipinski definition) is 0. The van der Waals surface area contributed by atoms with Crippen LogP contribution in [0.1, 0.15) is 18.9 Å². The Morgan fingerprint density at radius 1 is 1.21 bits per heavy atom. The van der Waals surface area contributed by atoms with Crippen molar-refractivity contribution in [2.75, 3.05) is 14.0 Å². The Balaban J connectivity index is 0.000000711. The Labute approximate surface area is 108 Å². The van der Waals surface area contributed by atoms with Gasteiger partial charge in [-0.3, -0.25) is 0 Å². The third-order valence-electron chi connectivity index (χ3n) is 1.95. The molecule has 0 amide bonds. The van der Waals surface area contributed by atoms with Crippen LogP contribution >= 0.6 is 0 Å². The molecule has 19 heavy (non-hydrogen) atoms. The Morgan fingerprint density at radius 3 is 2.11 bits per heavy atom. The molecule has 0 aliphatic carbocycles. The van der Waals surface area contributed by atoms with Gasteiger partial charge in [-0.2, -0.15) is 13.2 Å². The van der Waals surface area contributed by atoms with Crippen molar-refractivity contribution in [1.29, 1.82) is 0 Å². The number of rotatable bonds is 5. The standard InChI is InChI=1S/C11H14FNO2.CHF3/c1-3-11(13-14-2)9-4-6-10(7-5-9)15-8-12;2-1(3)4/h4-7H,3,8H2,1-2H3;1H/b13-11+;. The van der Waals surface area contributed by atoms with Gasteiger partial charge in [-0.05, 0) is 36.2 Å². The van der Waals surface area contributed by atoms with Gasteiger partial charge in [-0.15, -0.1) is 0 Å². The van der Waals surface area contributed by atoms with E-state index in [4.69, 9.17) is 9.57 Å². The lowest BCUT2D eigenvalue weighted by molar-refractivity contribution is 0.00819. The summed E-state index contributed by atoms with van der Waals surface area (Å²) in [5, 5.41) is 3.89. The van der Waals surface area contributed by atoms with Crippen molar-refractivity contribution in [2.24, 2.45) is 5.16 Å². The molecule has 0 saturated carbocycles. The van der Waals surface area contributed by atoms with Gasteiger partial charge in [0, 0.05) is 0 Å². The molecule has 0 heterocycles. The average Bonchev–Trinajstić information content (AvgIpc) is 2.37. The fourth-order valence-electron chi connectivity index (χ4n) is 1.24. The summed E-state index contributed by atoms with van der Waals surface area (Å²) in [6, 6.07) is 7.06. The smallest absolute Gasteiger partial charge is 0.379 e. The zero-order valence-corrected chi connectivity index (χ0v) is 10.6. The van der Waals surface area contributed by atoms with Gasteiger partial charge in [0.1, 0.15) is 12.9 Å². The maximum Gasteiger partial charge on any atom is 0.379 e. The van der Waals surface area contributed by atoms with Gasteiger partial charge in [0.05, 0.1) is 5.71 Å². The maximum absolute atomic E-state index is 11.9. The Kier molecular flexibility index (Phi) is 9.20. The van der Waals surface area contributed by atoms with Crippen LogP contribution < -0.4 is 4.74 Å². The highest BCUT2D eigenvalue weighted by molar-refractivity contribution is 6.00. The summed E-state index contributed by atoms with van der Waals surface area (Å²) in [6.45, 7) is -2.49. The van der Waals surface area contributed by atoms with E-state index >= 15 is 0 Å². The first-order valence-corrected chi connectivity index (χ1v) is 5.36. The van der Waals surface area contributed by atoms with Gasteiger partial charge in [0.25, 0.3) is 0 Å². The van der Waals surface area contributed by atoms with Crippen molar-refractivity contribution in [1.82, 2.24) is 0 Å². The number of hydrogen-bond acceptors (Lipinski definition) is 3. The number of alkyl halides is 4. The molecule has 1 aromatic carbocycles. The van der Waals surface area contributed by atoms with E-state index in [2.05, 4.69) is 5.16 Å².